The maximum absolute atomic E-state index is 11.7. The third kappa shape index (κ3) is 3.12. The number of hydrazone groups is 1. The number of nitrogens with one attached hydrogen (secondary N) is 1. The molecule has 2 aromatic rings. The van der Waals surface area contributed by atoms with E-state index in [-0.39, 0.29) is 10.9 Å². The molecule has 0 bridgehead atoms. The van der Waals surface area contributed by atoms with Gasteiger partial charge < -0.3 is 4.42 Å². The van der Waals surface area contributed by atoms with E-state index in [1.807, 2.05) is 0 Å². The predicted octanol–water partition coefficient (Wildman–Crippen LogP) is 3.78. The highest BCUT2D eigenvalue weighted by Crippen LogP contribution is 2.13. The van der Waals surface area contributed by atoms with Crippen LogP contribution in [0.1, 0.15) is 10.6 Å². The second kappa shape index (κ2) is 5.71. The number of rotatable bonds is 4. The molecule has 0 spiro atoms. The summed E-state index contributed by atoms with van der Waals surface area (Å²) in [6, 6.07) is 9.94. The van der Waals surface area contributed by atoms with E-state index in [2.05, 4.69) is 10.5 Å². The molecule has 1 heterocycles. The minimum Gasteiger partial charge on any atom is -0.461 e. The molecule has 0 saturated carbocycles. The number of carbonyl (C=O) groups excluding carboxylic acids is 1. The molecule has 1 aromatic carbocycles. The topological polar surface area (TPSA) is 54.6 Å². The number of furan rings is 1. The quantitative estimate of drug-likeness (QED) is 0.527. The number of benzene rings is 1. The molecule has 0 atom stereocenters. The summed E-state index contributed by atoms with van der Waals surface area (Å²) in [5, 5.41) is 4.16. The Labute approximate surface area is 113 Å². The highest BCUT2D eigenvalue weighted by Gasteiger charge is 2.14. The Morgan fingerprint density at radius 2 is 1.94 bits per heavy atom. The molecule has 0 aliphatic rings. The van der Waals surface area contributed by atoms with Crippen molar-refractivity contribution in [2.45, 2.75) is 0 Å². The maximum Gasteiger partial charge on any atom is 0.259 e. The molecule has 0 fully saturated rings. The summed E-state index contributed by atoms with van der Waals surface area (Å²) in [7, 11) is 0. The summed E-state index contributed by atoms with van der Waals surface area (Å²) in [5.41, 5.74) is 3.32. The SMILES string of the molecule is O=C(/C(Cl)=N/Nc1ccc(Cl)cc1)c1ccco1. The molecular formula is C12H8Cl2N2O2. The van der Waals surface area contributed by atoms with Crippen molar-refractivity contribution in [3.05, 3.63) is 53.4 Å². The van der Waals surface area contributed by atoms with E-state index in [1.54, 1.807) is 30.3 Å². The molecule has 6 heteroatoms. The van der Waals surface area contributed by atoms with Gasteiger partial charge in [0.2, 0.25) is 5.17 Å². The van der Waals surface area contributed by atoms with Gasteiger partial charge in [-0.15, -0.1) is 0 Å². The fraction of sp³-hybridized carbons (Fsp3) is 0. The van der Waals surface area contributed by atoms with E-state index in [4.69, 9.17) is 27.6 Å². The lowest BCUT2D eigenvalue weighted by molar-refractivity contribution is 0.104. The Balaban J connectivity index is 2.05. The van der Waals surface area contributed by atoms with Gasteiger partial charge >= 0.3 is 0 Å². The smallest absolute Gasteiger partial charge is 0.259 e. The van der Waals surface area contributed by atoms with Crippen LogP contribution >= 0.6 is 23.2 Å². The Morgan fingerprint density at radius 3 is 2.56 bits per heavy atom. The van der Waals surface area contributed by atoms with Crippen LogP contribution in [0.2, 0.25) is 5.02 Å². The first kappa shape index (κ1) is 12.7. The number of ketones is 1. The Kier molecular flexibility index (Phi) is 4.02. The second-order valence-corrected chi connectivity index (χ2v) is 4.12. The van der Waals surface area contributed by atoms with Crippen LogP contribution < -0.4 is 5.43 Å². The maximum atomic E-state index is 11.7. The first-order valence-corrected chi connectivity index (χ1v) is 5.75. The van der Waals surface area contributed by atoms with Crippen LogP contribution in [-0.2, 0) is 0 Å². The van der Waals surface area contributed by atoms with E-state index in [1.165, 1.54) is 12.3 Å². The Hall–Kier alpha value is -1.78. The number of carbonyl (C=O) groups is 1. The van der Waals surface area contributed by atoms with Crippen molar-refractivity contribution in [2.24, 2.45) is 5.10 Å². The number of hydrogen-bond donors (Lipinski definition) is 1. The molecule has 0 amide bonds. The summed E-state index contributed by atoms with van der Waals surface area (Å²) >= 11 is 11.5. The van der Waals surface area contributed by atoms with Gasteiger partial charge in [0.1, 0.15) is 0 Å². The number of nitrogens with zero attached hydrogens (tertiary/aromatic N) is 1. The van der Waals surface area contributed by atoms with Crippen LogP contribution in [0.15, 0.2) is 52.2 Å². The zero-order chi connectivity index (χ0) is 13.0. The molecule has 0 radical (unpaired) electrons. The molecule has 0 aliphatic heterocycles. The Bertz CT molecular complexity index is 562. The zero-order valence-electron chi connectivity index (χ0n) is 9.06. The number of halogens is 2. The van der Waals surface area contributed by atoms with Crippen molar-refractivity contribution >= 4 is 39.8 Å². The molecule has 0 unspecified atom stereocenters. The normalized spacial score (nSPS) is 11.3. The van der Waals surface area contributed by atoms with Gasteiger partial charge in [0.15, 0.2) is 5.76 Å². The first-order chi connectivity index (χ1) is 8.66. The molecule has 4 nitrogen and oxygen atoms in total. The lowest BCUT2D eigenvalue weighted by atomic mass is 10.3. The molecule has 0 saturated heterocycles. The van der Waals surface area contributed by atoms with Gasteiger partial charge in [0, 0.05) is 5.02 Å². The van der Waals surface area contributed by atoms with Gasteiger partial charge in [-0.05, 0) is 36.4 Å². The highest BCUT2D eigenvalue weighted by molar-refractivity contribution is 6.84. The minimum atomic E-state index is -0.483. The summed E-state index contributed by atoms with van der Waals surface area (Å²) < 4.78 is 4.92. The van der Waals surface area contributed by atoms with Gasteiger partial charge in [-0.25, -0.2) is 0 Å². The molecule has 1 N–H and O–H groups in total. The van der Waals surface area contributed by atoms with Crippen LogP contribution in [0.25, 0.3) is 0 Å². The highest BCUT2D eigenvalue weighted by atomic mass is 35.5. The van der Waals surface area contributed by atoms with Crippen molar-refractivity contribution in [1.29, 1.82) is 0 Å². The lowest BCUT2D eigenvalue weighted by Crippen LogP contribution is -2.09. The van der Waals surface area contributed by atoms with E-state index in [0.29, 0.717) is 10.7 Å². The van der Waals surface area contributed by atoms with Gasteiger partial charge in [0.25, 0.3) is 5.78 Å². The zero-order valence-corrected chi connectivity index (χ0v) is 10.6. The van der Waals surface area contributed by atoms with Crippen LogP contribution in [0.5, 0.6) is 0 Å². The van der Waals surface area contributed by atoms with E-state index in [0.717, 1.165) is 0 Å². The predicted molar refractivity (Wildman–Crippen MR) is 71.4 cm³/mol. The number of Topliss-reactive ketones (excluding diaryl/α,β-unsaturated/α-hetero) is 1. The summed E-state index contributed by atoms with van der Waals surface area (Å²) in [6.45, 7) is 0. The van der Waals surface area contributed by atoms with Gasteiger partial charge in [0.05, 0.1) is 12.0 Å². The van der Waals surface area contributed by atoms with Gasteiger partial charge in [-0.1, -0.05) is 23.2 Å². The van der Waals surface area contributed by atoms with Crippen molar-refractivity contribution in [2.75, 3.05) is 5.43 Å². The average Bonchev–Trinajstić information content (AvgIpc) is 2.90. The monoisotopic (exact) mass is 282 g/mol. The fourth-order valence-electron chi connectivity index (χ4n) is 1.20. The lowest BCUT2D eigenvalue weighted by Gasteiger charge is -2.00. The van der Waals surface area contributed by atoms with Crippen LogP contribution in [0, 0.1) is 0 Å². The van der Waals surface area contributed by atoms with E-state index >= 15 is 0 Å². The van der Waals surface area contributed by atoms with E-state index in [9.17, 15) is 4.79 Å². The first-order valence-electron chi connectivity index (χ1n) is 5.00. The fourth-order valence-corrected chi connectivity index (χ4v) is 1.46. The van der Waals surface area contributed by atoms with Gasteiger partial charge in [-0.3, -0.25) is 10.2 Å². The van der Waals surface area contributed by atoms with Crippen molar-refractivity contribution in [3.63, 3.8) is 0 Å². The van der Waals surface area contributed by atoms with Crippen LogP contribution in [0.4, 0.5) is 5.69 Å². The van der Waals surface area contributed by atoms with Crippen LogP contribution in [-0.4, -0.2) is 11.0 Å². The largest absolute Gasteiger partial charge is 0.461 e. The third-order valence-electron chi connectivity index (χ3n) is 2.06. The standard InChI is InChI=1S/C12H8Cl2N2O2/c13-8-3-5-9(6-4-8)15-16-12(14)11(17)10-2-1-7-18-10/h1-7,15H/b16-12-. The van der Waals surface area contributed by atoms with Crippen molar-refractivity contribution < 1.29 is 9.21 Å². The molecule has 1 aromatic heterocycles. The van der Waals surface area contributed by atoms with E-state index < -0.39 is 5.78 Å². The van der Waals surface area contributed by atoms with Crippen molar-refractivity contribution in [3.8, 4) is 0 Å². The second-order valence-electron chi connectivity index (χ2n) is 3.33. The molecule has 2 rings (SSSR count). The Morgan fingerprint density at radius 1 is 1.22 bits per heavy atom. The summed E-state index contributed by atoms with van der Waals surface area (Å²) in [5.74, 6) is -0.343. The average molecular weight is 283 g/mol. The number of hydrogen-bond acceptors (Lipinski definition) is 4. The summed E-state index contributed by atoms with van der Waals surface area (Å²) in [4.78, 5) is 11.7. The van der Waals surface area contributed by atoms with Gasteiger partial charge in [-0.2, -0.15) is 5.10 Å². The van der Waals surface area contributed by atoms with Crippen LogP contribution in [0.3, 0.4) is 0 Å². The summed E-state index contributed by atoms with van der Waals surface area (Å²) in [6.07, 6.45) is 1.39. The van der Waals surface area contributed by atoms with Crippen molar-refractivity contribution in [1.82, 2.24) is 0 Å². The molecule has 0 aliphatic carbocycles. The third-order valence-corrected chi connectivity index (χ3v) is 2.57. The molecule has 92 valence electrons. The number of anilines is 1. The minimum absolute atomic E-state index is 0.140. The molecular weight excluding hydrogens is 275 g/mol. The molecule has 18 heavy (non-hydrogen) atoms.